The number of fused-ring (bicyclic) bond motifs is 1. The molecule has 0 aromatic carbocycles. The summed E-state index contributed by atoms with van der Waals surface area (Å²) in [6, 6.07) is 1.67. The molecule has 0 unspecified atom stereocenters. The van der Waals surface area contributed by atoms with Gasteiger partial charge in [-0.2, -0.15) is 10.2 Å². The smallest absolute Gasteiger partial charge is 0.260 e. The van der Waals surface area contributed by atoms with Crippen molar-refractivity contribution < 1.29 is 9.59 Å². The Morgan fingerprint density at radius 3 is 2.73 bits per heavy atom. The van der Waals surface area contributed by atoms with Gasteiger partial charge in [0.25, 0.3) is 5.91 Å². The lowest BCUT2D eigenvalue weighted by molar-refractivity contribution is -0.115. The number of pyridine rings is 1. The molecule has 0 aliphatic carbocycles. The van der Waals surface area contributed by atoms with Crippen molar-refractivity contribution in [3.8, 4) is 10.4 Å². The fraction of sp³-hybridized carbons (Fsp3) is 0.211. The van der Waals surface area contributed by atoms with E-state index in [-0.39, 0.29) is 24.1 Å². The molecule has 0 radical (unpaired) electrons. The van der Waals surface area contributed by atoms with Gasteiger partial charge in [0.15, 0.2) is 0 Å². The lowest BCUT2D eigenvalue weighted by atomic mass is 10.2. The molecule has 0 aliphatic heterocycles. The second-order valence-corrected chi connectivity index (χ2v) is 8.01. The van der Waals surface area contributed by atoms with Crippen LogP contribution in [0.2, 0.25) is 0 Å². The second kappa shape index (κ2) is 8.25. The summed E-state index contributed by atoms with van der Waals surface area (Å²) in [6.07, 6.45) is 8.81. The predicted molar refractivity (Wildman–Crippen MR) is 116 cm³/mol. The first kappa shape index (κ1) is 20.0. The number of aromatic nitrogens is 5. The number of hydrogen-bond acceptors (Lipinski definition) is 6. The van der Waals surface area contributed by atoms with Crippen LogP contribution in [-0.4, -0.2) is 42.1 Å². The molecule has 0 spiro atoms. The Morgan fingerprint density at radius 1 is 1.17 bits per heavy atom. The van der Waals surface area contributed by atoms with E-state index in [4.69, 9.17) is 11.6 Å². The zero-order valence-electron chi connectivity index (χ0n) is 16.2. The van der Waals surface area contributed by atoms with E-state index in [1.807, 2.05) is 19.4 Å². The number of aryl methyl sites for hydroxylation is 2. The topological polar surface area (TPSA) is 106 Å². The largest absolute Gasteiger partial charge is 0.325 e. The Bertz CT molecular complexity index is 1240. The van der Waals surface area contributed by atoms with E-state index in [9.17, 15) is 9.59 Å². The monoisotopic (exact) mass is 443 g/mol. The Balaban J connectivity index is 1.57. The molecular weight excluding hydrogens is 426 g/mol. The predicted octanol–water partition coefficient (Wildman–Crippen LogP) is 3.32. The van der Waals surface area contributed by atoms with E-state index < -0.39 is 0 Å². The van der Waals surface area contributed by atoms with Gasteiger partial charge in [-0.25, -0.2) is 4.52 Å². The summed E-state index contributed by atoms with van der Waals surface area (Å²) in [5, 5.41) is 14.0. The van der Waals surface area contributed by atoms with E-state index in [2.05, 4.69) is 25.8 Å². The average Bonchev–Trinajstić information content (AvgIpc) is 3.39. The minimum Gasteiger partial charge on any atom is -0.325 e. The lowest BCUT2D eigenvalue weighted by Gasteiger charge is -2.10. The van der Waals surface area contributed by atoms with Crippen molar-refractivity contribution in [1.82, 2.24) is 24.4 Å². The van der Waals surface area contributed by atoms with Crippen molar-refractivity contribution in [3.05, 3.63) is 48.3 Å². The number of anilines is 2. The van der Waals surface area contributed by atoms with Gasteiger partial charge in [0, 0.05) is 37.3 Å². The zero-order valence-corrected chi connectivity index (χ0v) is 17.8. The molecule has 4 rings (SSSR count). The van der Waals surface area contributed by atoms with E-state index >= 15 is 0 Å². The normalized spacial score (nSPS) is 11.0. The van der Waals surface area contributed by atoms with Crippen molar-refractivity contribution in [1.29, 1.82) is 0 Å². The Kier molecular flexibility index (Phi) is 5.51. The zero-order chi connectivity index (χ0) is 21.3. The molecule has 4 aromatic heterocycles. The van der Waals surface area contributed by atoms with Crippen LogP contribution in [0.1, 0.15) is 22.5 Å². The molecule has 30 heavy (non-hydrogen) atoms. The highest BCUT2D eigenvalue weighted by molar-refractivity contribution is 7.21. The van der Waals surface area contributed by atoms with Crippen LogP contribution in [0.15, 0.2) is 37.1 Å². The number of thiazole rings is 1. The Hall–Kier alpha value is -3.24. The quantitative estimate of drug-likeness (QED) is 0.444. The molecule has 9 nitrogen and oxygen atoms in total. The SMILES string of the molecule is Cc1ncc(NC(=O)CCCl)cc1NC(=O)c1cnn2cc(-c3cnn(C)c3)sc12. The van der Waals surface area contributed by atoms with E-state index in [0.717, 1.165) is 15.3 Å². The van der Waals surface area contributed by atoms with E-state index in [0.29, 0.717) is 22.6 Å². The van der Waals surface area contributed by atoms with Crippen LogP contribution in [0, 0.1) is 6.92 Å². The fourth-order valence-electron chi connectivity index (χ4n) is 2.85. The molecule has 4 heterocycles. The molecule has 154 valence electrons. The van der Waals surface area contributed by atoms with Crippen molar-refractivity contribution in [2.24, 2.45) is 7.05 Å². The number of nitrogens with one attached hydrogen (secondary N) is 2. The third-order valence-electron chi connectivity index (χ3n) is 4.37. The molecule has 0 saturated heterocycles. The van der Waals surface area contributed by atoms with E-state index in [1.165, 1.54) is 23.7 Å². The van der Waals surface area contributed by atoms with Gasteiger partial charge in [-0.05, 0) is 13.0 Å². The summed E-state index contributed by atoms with van der Waals surface area (Å²) in [7, 11) is 1.85. The molecule has 0 fully saturated rings. The van der Waals surface area contributed by atoms with Crippen LogP contribution in [-0.2, 0) is 11.8 Å². The van der Waals surface area contributed by atoms with Crippen molar-refractivity contribution in [2.45, 2.75) is 13.3 Å². The number of halogens is 1. The van der Waals surface area contributed by atoms with Gasteiger partial charge in [0.1, 0.15) is 4.83 Å². The van der Waals surface area contributed by atoms with Gasteiger partial charge in [-0.1, -0.05) is 0 Å². The number of alkyl halides is 1. The van der Waals surface area contributed by atoms with Crippen molar-refractivity contribution in [3.63, 3.8) is 0 Å². The van der Waals surface area contributed by atoms with Crippen LogP contribution < -0.4 is 10.6 Å². The number of carbonyl (C=O) groups is 2. The molecule has 0 atom stereocenters. The molecule has 0 aliphatic rings. The maximum absolute atomic E-state index is 12.9. The molecule has 2 amide bonds. The van der Waals surface area contributed by atoms with Crippen molar-refractivity contribution >= 4 is 51.0 Å². The van der Waals surface area contributed by atoms with Crippen LogP contribution >= 0.6 is 22.9 Å². The number of rotatable bonds is 6. The maximum atomic E-state index is 12.9. The molecule has 0 bridgehead atoms. The van der Waals surface area contributed by atoms with Gasteiger partial charge in [-0.15, -0.1) is 22.9 Å². The minimum atomic E-state index is -0.307. The number of hydrogen-bond donors (Lipinski definition) is 2. The first-order valence-corrected chi connectivity index (χ1v) is 10.4. The highest BCUT2D eigenvalue weighted by Crippen LogP contribution is 2.30. The van der Waals surface area contributed by atoms with Crippen LogP contribution in [0.5, 0.6) is 0 Å². The molecular formula is C19H18ClN7O2S. The van der Waals surface area contributed by atoms with Gasteiger partial charge in [-0.3, -0.25) is 19.3 Å². The number of carbonyl (C=O) groups excluding carboxylic acids is 2. The first-order chi connectivity index (χ1) is 14.4. The van der Waals surface area contributed by atoms with Crippen molar-refractivity contribution in [2.75, 3.05) is 16.5 Å². The summed E-state index contributed by atoms with van der Waals surface area (Å²) in [5.41, 5.74) is 3.03. The maximum Gasteiger partial charge on any atom is 0.260 e. The summed E-state index contributed by atoms with van der Waals surface area (Å²) in [5.74, 6) is -0.291. The number of amides is 2. The first-order valence-electron chi connectivity index (χ1n) is 9.04. The molecule has 0 saturated carbocycles. The molecule has 11 heteroatoms. The van der Waals surface area contributed by atoms with Gasteiger partial charge < -0.3 is 10.6 Å². The highest BCUT2D eigenvalue weighted by atomic mass is 35.5. The van der Waals surface area contributed by atoms with Gasteiger partial charge in [0.2, 0.25) is 5.91 Å². The Labute approximate surface area is 180 Å². The summed E-state index contributed by atoms with van der Waals surface area (Å²) >= 11 is 7.05. The standard InChI is InChI=1S/C19H18ClN7O2S/c1-11-15(5-13(7-21-11)24-17(28)3-4-20)25-18(29)14-8-23-27-10-16(30-19(14)27)12-6-22-26(2)9-12/h5-10H,3-4H2,1-2H3,(H,24,28)(H,25,29). The summed E-state index contributed by atoms with van der Waals surface area (Å²) in [6.45, 7) is 1.78. The van der Waals surface area contributed by atoms with Gasteiger partial charge >= 0.3 is 0 Å². The third kappa shape index (κ3) is 4.05. The summed E-state index contributed by atoms with van der Waals surface area (Å²) < 4.78 is 3.40. The van der Waals surface area contributed by atoms with Crippen LogP contribution in [0.25, 0.3) is 15.3 Å². The average molecular weight is 444 g/mol. The van der Waals surface area contributed by atoms with E-state index in [1.54, 1.807) is 28.4 Å². The second-order valence-electron chi connectivity index (χ2n) is 6.60. The number of nitrogens with zero attached hydrogens (tertiary/aromatic N) is 5. The van der Waals surface area contributed by atoms with Crippen LogP contribution in [0.3, 0.4) is 0 Å². The lowest BCUT2D eigenvalue weighted by Crippen LogP contribution is -2.15. The van der Waals surface area contributed by atoms with Gasteiger partial charge in [0.05, 0.1) is 46.1 Å². The third-order valence-corrected chi connectivity index (χ3v) is 5.72. The highest BCUT2D eigenvalue weighted by Gasteiger charge is 2.18. The fourth-order valence-corrected chi connectivity index (χ4v) is 4.06. The molecule has 2 N–H and O–H groups in total. The minimum absolute atomic E-state index is 0.198. The Morgan fingerprint density at radius 2 is 2.00 bits per heavy atom. The molecule has 4 aromatic rings. The summed E-state index contributed by atoms with van der Waals surface area (Å²) in [4.78, 5) is 30.6. The van der Waals surface area contributed by atoms with Crippen LogP contribution in [0.4, 0.5) is 11.4 Å².